The Labute approximate surface area is 76.1 Å². The van der Waals surface area contributed by atoms with E-state index in [1.807, 2.05) is 19.9 Å². The van der Waals surface area contributed by atoms with Gasteiger partial charge in [0.2, 0.25) is 0 Å². The summed E-state index contributed by atoms with van der Waals surface area (Å²) >= 11 is 0. The van der Waals surface area contributed by atoms with E-state index in [0.29, 0.717) is 12.0 Å². The van der Waals surface area contributed by atoms with Crippen LogP contribution in [0.4, 0.5) is 4.39 Å². The zero-order valence-corrected chi connectivity index (χ0v) is 7.73. The molecule has 0 unspecified atom stereocenters. The lowest BCUT2D eigenvalue weighted by Crippen LogP contribution is -2.12. The van der Waals surface area contributed by atoms with E-state index in [1.165, 1.54) is 12.1 Å². The second kappa shape index (κ2) is 4.03. The molecule has 0 fully saturated rings. The summed E-state index contributed by atoms with van der Waals surface area (Å²) in [5, 5.41) is 0. The van der Waals surface area contributed by atoms with Crippen LogP contribution in [0.5, 0.6) is 0 Å². The van der Waals surface area contributed by atoms with Crippen LogP contribution < -0.4 is 5.56 Å². The number of aromatic nitrogens is 1. The van der Waals surface area contributed by atoms with Gasteiger partial charge in [-0.25, -0.2) is 0 Å². The highest BCUT2D eigenvalue weighted by molar-refractivity contribution is 5.14. The van der Waals surface area contributed by atoms with E-state index in [9.17, 15) is 9.18 Å². The number of H-pyrrole nitrogens is 1. The summed E-state index contributed by atoms with van der Waals surface area (Å²) in [7, 11) is 0. The van der Waals surface area contributed by atoms with Gasteiger partial charge in [0, 0.05) is 5.56 Å². The van der Waals surface area contributed by atoms with Crippen molar-refractivity contribution in [1.82, 2.24) is 4.98 Å². The molecule has 1 N–H and O–H groups in total. The van der Waals surface area contributed by atoms with E-state index in [1.54, 1.807) is 0 Å². The SMILES string of the molecule is CC(C)=CCc1ccc(F)[nH]c1=O. The van der Waals surface area contributed by atoms with Gasteiger partial charge in [-0.1, -0.05) is 11.6 Å². The summed E-state index contributed by atoms with van der Waals surface area (Å²) < 4.78 is 12.5. The first-order chi connectivity index (χ1) is 6.09. The number of rotatable bonds is 2. The lowest BCUT2D eigenvalue weighted by Gasteiger charge is -1.95. The molecule has 1 heterocycles. The first-order valence-corrected chi connectivity index (χ1v) is 4.10. The van der Waals surface area contributed by atoms with Crippen LogP contribution in [0.2, 0.25) is 0 Å². The molecule has 1 aromatic rings. The molecule has 0 aromatic carbocycles. The maximum atomic E-state index is 12.5. The second-order valence-electron chi connectivity index (χ2n) is 3.15. The van der Waals surface area contributed by atoms with Crippen LogP contribution in [0.1, 0.15) is 19.4 Å². The number of nitrogens with one attached hydrogen (secondary N) is 1. The van der Waals surface area contributed by atoms with Crippen molar-refractivity contribution in [3.63, 3.8) is 0 Å². The maximum Gasteiger partial charge on any atom is 0.253 e. The first-order valence-electron chi connectivity index (χ1n) is 4.10. The monoisotopic (exact) mass is 181 g/mol. The predicted octanol–water partition coefficient (Wildman–Crippen LogP) is 2.02. The van der Waals surface area contributed by atoms with Gasteiger partial charge in [0.05, 0.1) is 0 Å². The molecule has 70 valence electrons. The van der Waals surface area contributed by atoms with Crippen molar-refractivity contribution in [1.29, 1.82) is 0 Å². The third-order valence-electron chi connectivity index (χ3n) is 1.69. The molecule has 13 heavy (non-hydrogen) atoms. The number of hydrogen-bond donors (Lipinski definition) is 1. The molecule has 0 radical (unpaired) electrons. The summed E-state index contributed by atoms with van der Waals surface area (Å²) in [5.74, 6) is -0.592. The molecule has 0 spiro atoms. The lowest BCUT2D eigenvalue weighted by molar-refractivity contribution is 0.578. The fourth-order valence-electron chi connectivity index (χ4n) is 0.955. The number of allylic oxidation sites excluding steroid dienone is 2. The third kappa shape index (κ3) is 2.86. The summed E-state index contributed by atoms with van der Waals surface area (Å²) in [4.78, 5) is 13.2. The molecular weight excluding hydrogens is 169 g/mol. The molecule has 3 heteroatoms. The van der Waals surface area contributed by atoms with Crippen molar-refractivity contribution in [2.75, 3.05) is 0 Å². The van der Waals surface area contributed by atoms with Crippen LogP contribution >= 0.6 is 0 Å². The van der Waals surface area contributed by atoms with Crippen molar-refractivity contribution in [3.05, 3.63) is 45.6 Å². The maximum absolute atomic E-state index is 12.5. The highest BCUT2D eigenvalue weighted by Crippen LogP contribution is 1.98. The van der Waals surface area contributed by atoms with Crippen molar-refractivity contribution < 1.29 is 4.39 Å². The van der Waals surface area contributed by atoms with Crippen molar-refractivity contribution in [2.45, 2.75) is 20.3 Å². The van der Waals surface area contributed by atoms with Gasteiger partial charge in [-0.3, -0.25) is 9.78 Å². The fourth-order valence-corrected chi connectivity index (χ4v) is 0.955. The highest BCUT2D eigenvalue weighted by atomic mass is 19.1. The van der Waals surface area contributed by atoms with E-state index in [4.69, 9.17) is 0 Å². The number of aromatic amines is 1. The Morgan fingerprint density at radius 1 is 1.54 bits per heavy atom. The Morgan fingerprint density at radius 2 is 2.23 bits per heavy atom. The minimum Gasteiger partial charge on any atom is -0.299 e. The van der Waals surface area contributed by atoms with E-state index in [-0.39, 0.29) is 5.56 Å². The molecule has 0 aliphatic carbocycles. The molecule has 0 saturated carbocycles. The summed E-state index contributed by atoms with van der Waals surface area (Å²) in [5.41, 5.74) is 1.38. The Hall–Kier alpha value is -1.38. The van der Waals surface area contributed by atoms with Crippen molar-refractivity contribution >= 4 is 0 Å². The zero-order valence-electron chi connectivity index (χ0n) is 7.73. The standard InChI is InChI=1S/C10H12FNO/c1-7(2)3-4-8-5-6-9(11)12-10(8)13/h3,5-6H,4H2,1-2H3,(H,12,13). The van der Waals surface area contributed by atoms with Crippen LogP contribution in [0, 0.1) is 5.95 Å². The van der Waals surface area contributed by atoms with Gasteiger partial charge in [0.15, 0.2) is 5.95 Å². The molecule has 0 bridgehead atoms. The normalized spacial score (nSPS) is 9.77. The van der Waals surface area contributed by atoms with Crippen LogP contribution in [0.15, 0.2) is 28.6 Å². The van der Waals surface area contributed by atoms with Crippen LogP contribution in [0.3, 0.4) is 0 Å². The third-order valence-corrected chi connectivity index (χ3v) is 1.69. The second-order valence-corrected chi connectivity index (χ2v) is 3.15. The lowest BCUT2D eigenvalue weighted by atomic mass is 10.1. The first kappa shape index (κ1) is 9.71. The smallest absolute Gasteiger partial charge is 0.253 e. The minimum atomic E-state index is -0.592. The van der Waals surface area contributed by atoms with E-state index in [2.05, 4.69) is 4.98 Å². The molecule has 0 amide bonds. The molecule has 1 aromatic heterocycles. The molecule has 0 saturated heterocycles. The largest absolute Gasteiger partial charge is 0.299 e. The van der Waals surface area contributed by atoms with Gasteiger partial charge in [0.1, 0.15) is 0 Å². The molecule has 2 nitrogen and oxygen atoms in total. The van der Waals surface area contributed by atoms with Crippen molar-refractivity contribution in [3.8, 4) is 0 Å². The van der Waals surface area contributed by atoms with Crippen LogP contribution in [-0.4, -0.2) is 4.98 Å². The van der Waals surface area contributed by atoms with Gasteiger partial charge >= 0.3 is 0 Å². The summed E-state index contributed by atoms with van der Waals surface area (Å²) in [6.07, 6.45) is 2.49. The van der Waals surface area contributed by atoms with E-state index >= 15 is 0 Å². The van der Waals surface area contributed by atoms with Gasteiger partial charge in [-0.15, -0.1) is 0 Å². The quantitative estimate of drug-likeness (QED) is 0.549. The average Bonchev–Trinajstić information content (AvgIpc) is 2.02. The Balaban J connectivity index is 2.91. The Kier molecular flexibility index (Phi) is 3.01. The highest BCUT2D eigenvalue weighted by Gasteiger charge is 1.98. The topological polar surface area (TPSA) is 32.9 Å². The van der Waals surface area contributed by atoms with Gasteiger partial charge < -0.3 is 0 Å². The molecular formula is C10H12FNO. The van der Waals surface area contributed by atoms with E-state index in [0.717, 1.165) is 5.57 Å². The molecule has 0 aliphatic rings. The predicted molar refractivity (Wildman–Crippen MR) is 50.2 cm³/mol. The number of halogens is 1. The van der Waals surface area contributed by atoms with Gasteiger partial charge in [0.25, 0.3) is 5.56 Å². The summed E-state index contributed by atoms with van der Waals surface area (Å²) in [6, 6.07) is 2.77. The zero-order chi connectivity index (χ0) is 9.84. The summed E-state index contributed by atoms with van der Waals surface area (Å²) in [6.45, 7) is 3.91. The number of hydrogen-bond acceptors (Lipinski definition) is 1. The Bertz CT molecular complexity index is 375. The average molecular weight is 181 g/mol. The number of pyridine rings is 1. The van der Waals surface area contributed by atoms with Gasteiger partial charge in [-0.05, 0) is 32.4 Å². The van der Waals surface area contributed by atoms with Gasteiger partial charge in [-0.2, -0.15) is 4.39 Å². The van der Waals surface area contributed by atoms with Crippen LogP contribution in [0.25, 0.3) is 0 Å². The van der Waals surface area contributed by atoms with E-state index < -0.39 is 5.95 Å². The van der Waals surface area contributed by atoms with Crippen LogP contribution in [-0.2, 0) is 6.42 Å². The van der Waals surface area contributed by atoms with Crippen molar-refractivity contribution in [2.24, 2.45) is 0 Å². The molecule has 0 aliphatic heterocycles. The Morgan fingerprint density at radius 3 is 2.77 bits per heavy atom. The minimum absolute atomic E-state index is 0.350. The fraction of sp³-hybridized carbons (Fsp3) is 0.300. The molecule has 0 atom stereocenters. The molecule has 1 rings (SSSR count).